The summed E-state index contributed by atoms with van der Waals surface area (Å²) in [6.45, 7) is 3.49. The summed E-state index contributed by atoms with van der Waals surface area (Å²) in [5.74, 6) is -0.453. The zero-order valence-corrected chi connectivity index (χ0v) is 15.7. The molecule has 1 heterocycles. The quantitative estimate of drug-likeness (QED) is 0.729. The van der Waals surface area contributed by atoms with Gasteiger partial charge in [0.25, 0.3) is 5.91 Å². The van der Waals surface area contributed by atoms with Crippen LogP contribution in [0.15, 0.2) is 35.7 Å². The van der Waals surface area contributed by atoms with Crippen LogP contribution in [0.5, 0.6) is 0 Å². The van der Waals surface area contributed by atoms with Crippen LogP contribution in [-0.2, 0) is 17.8 Å². The molecule has 0 saturated carbocycles. The van der Waals surface area contributed by atoms with Crippen molar-refractivity contribution in [3.63, 3.8) is 0 Å². The minimum absolute atomic E-state index is 0. The van der Waals surface area contributed by atoms with Crippen molar-refractivity contribution < 1.29 is 9.59 Å². The van der Waals surface area contributed by atoms with Gasteiger partial charge in [0.2, 0.25) is 5.91 Å². The summed E-state index contributed by atoms with van der Waals surface area (Å²) in [7, 11) is 0. The molecule has 0 aliphatic heterocycles. The fraction of sp³-hybridized carbons (Fsp3) is 0.353. The fourth-order valence-corrected chi connectivity index (χ4v) is 2.99. The highest BCUT2D eigenvalue weighted by molar-refractivity contribution is 7.09. The summed E-state index contributed by atoms with van der Waals surface area (Å²) in [6, 6.07) is 9.77. The molecule has 2 amide bonds. The van der Waals surface area contributed by atoms with Gasteiger partial charge in [-0.3, -0.25) is 9.59 Å². The molecule has 136 valence electrons. The molecule has 0 bridgehead atoms. The maximum Gasteiger partial charge on any atom is 0.271 e. The SMILES string of the molecule is CCN(Cc1ccccc1)C(=O)CNC(=O)c1csc(CCN)n1.Cl. The molecule has 0 spiro atoms. The maximum atomic E-state index is 12.3. The Balaban J connectivity index is 0.00000312. The predicted molar refractivity (Wildman–Crippen MR) is 102 cm³/mol. The van der Waals surface area contributed by atoms with Gasteiger partial charge in [0.1, 0.15) is 5.69 Å². The molecule has 0 aliphatic rings. The Labute approximate surface area is 157 Å². The van der Waals surface area contributed by atoms with Gasteiger partial charge in [0, 0.05) is 24.9 Å². The average Bonchev–Trinajstić information content (AvgIpc) is 3.07. The normalized spacial score (nSPS) is 10.0. The van der Waals surface area contributed by atoms with E-state index in [1.807, 2.05) is 37.3 Å². The molecular formula is C17H23ClN4O2S. The summed E-state index contributed by atoms with van der Waals surface area (Å²) in [5.41, 5.74) is 6.87. The van der Waals surface area contributed by atoms with E-state index in [1.54, 1.807) is 10.3 Å². The first kappa shape index (κ1) is 21.1. The molecule has 6 nitrogen and oxygen atoms in total. The summed E-state index contributed by atoms with van der Waals surface area (Å²) >= 11 is 1.40. The van der Waals surface area contributed by atoms with Crippen molar-refractivity contribution in [1.29, 1.82) is 0 Å². The van der Waals surface area contributed by atoms with E-state index in [1.165, 1.54) is 11.3 Å². The number of benzene rings is 1. The molecule has 2 aromatic rings. The summed E-state index contributed by atoms with van der Waals surface area (Å²) < 4.78 is 0. The zero-order chi connectivity index (χ0) is 17.4. The van der Waals surface area contributed by atoms with E-state index in [0.29, 0.717) is 31.7 Å². The van der Waals surface area contributed by atoms with Crippen LogP contribution in [0.1, 0.15) is 28.0 Å². The molecule has 1 aromatic carbocycles. The number of halogens is 1. The lowest BCUT2D eigenvalue weighted by molar-refractivity contribution is -0.130. The van der Waals surface area contributed by atoms with Crippen LogP contribution in [0.3, 0.4) is 0 Å². The van der Waals surface area contributed by atoms with Crippen molar-refractivity contribution in [3.8, 4) is 0 Å². The summed E-state index contributed by atoms with van der Waals surface area (Å²) in [4.78, 5) is 30.3. The van der Waals surface area contributed by atoms with Crippen molar-refractivity contribution in [2.45, 2.75) is 19.9 Å². The molecule has 0 aliphatic carbocycles. The Bertz CT molecular complexity index is 678. The van der Waals surface area contributed by atoms with E-state index in [0.717, 1.165) is 10.6 Å². The minimum atomic E-state index is -0.335. The lowest BCUT2D eigenvalue weighted by Gasteiger charge is -2.21. The second-order valence-corrected chi connectivity index (χ2v) is 6.18. The van der Waals surface area contributed by atoms with Crippen molar-refractivity contribution >= 4 is 35.6 Å². The third-order valence-corrected chi connectivity index (χ3v) is 4.40. The van der Waals surface area contributed by atoms with Gasteiger partial charge in [-0.15, -0.1) is 23.7 Å². The van der Waals surface area contributed by atoms with Gasteiger partial charge >= 0.3 is 0 Å². The molecule has 8 heteroatoms. The van der Waals surface area contributed by atoms with Gasteiger partial charge in [-0.05, 0) is 19.0 Å². The number of rotatable bonds is 8. The number of nitrogens with one attached hydrogen (secondary N) is 1. The first-order valence-electron chi connectivity index (χ1n) is 7.88. The highest BCUT2D eigenvalue weighted by Gasteiger charge is 2.15. The first-order chi connectivity index (χ1) is 11.6. The molecule has 0 saturated heterocycles. The van der Waals surface area contributed by atoms with E-state index in [-0.39, 0.29) is 30.8 Å². The molecule has 0 fully saturated rings. The topological polar surface area (TPSA) is 88.3 Å². The van der Waals surface area contributed by atoms with E-state index in [2.05, 4.69) is 10.3 Å². The molecule has 2 rings (SSSR count). The largest absolute Gasteiger partial charge is 0.342 e. The summed E-state index contributed by atoms with van der Waals surface area (Å²) in [5, 5.41) is 5.15. The van der Waals surface area contributed by atoms with Crippen LogP contribution < -0.4 is 11.1 Å². The Morgan fingerprint density at radius 2 is 2.00 bits per heavy atom. The highest BCUT2D eigenvalue weighted by atomic mass is 35.5. The van der Waals surface area contributed by atoms with E-state index in [9.17, 15) is 9.59 Å². The summed E-state index contributed by atoms with van der Waals surface area (Å²) in [6.07, 6.45) is 0.650. The van der Waals surface area contributed by atoms with Gasteiger partial charge < -0.3 is 16.0 Å². The Morgan fingerprint density at radius 3 is 2.64 bits per heavy atom. The first-order valence-corrected chi connectivity index (χ1v) is 8.76. The van der Waals surface area contributed by atoms with Crippen LogP contribution in [0.4, 0.5) is 0 Å². The Morgan fingerprint density at radius 1 is 1.28 bits per heavy atom. The molecule has 0 unspecified atom stereocenters. The van der Waals surface area contributed by atoms with E-state index >= 15 is 0 Å². The monoisotopic (exact) mass is 382 g/mol. The van der Waals surface area contributed by atoms with Crippen LogP contribution in [0.2, 0.25) is 0 Å². The highest BCUT2D eigenvalue weighted by Crippen LogP contribution is 2.10. The number of aromatic nitrogens is 1. The van der Waals surface area contributed by atoms with Crippen LogP contribution in [-0.4, -0.2) is 41.3 Å². The number of hydrogen-bond acceptors (Lipinski definition) is 5. The maximum absolute atomic E-state index is 12.3. The van der Waals surface area contributed by atoms with Crippen molar-refractivity contribution in [3.05, 3.63) is 52.0 Å². The number of hydrogen-bond donors (Lipinski definition) is 2. The fourth-order valence-electron chi connectivity index (χ4n) is 2.19. The van der Waals surface area contributed by atoms with Crippen LogP contribution >= 0.6 is 23.7 Å². The van der Waals surface area contributed by atoms with E-state index in [4.69, 9.17) is 5.73 Å². The van der Waals surface area contributed by atoms with Crippen molar-refractivity contribution in [1.82, 2.24) is 15.2 Å². The number of nitrogens with zero attached hydrogens (tertiary/aromatic N) is 2. The van der Waals surface area contributed by atoms with Gasteiger partial charge in [-0.2, -0.15) is 0 Å². The van der Waals surface area contributed by atoms with Gasteiger partial charge in [0.05, 0.1) is 11.6 Å². The molecule has 1 aromatic heterocycles. The van der Waals surface area contributed by atoms with Crippen molar-refractivity contribution in [2.24, 2.45) is 5.73 Å². The Hall–Kier alpha value is -1.96. The third-order valence-electron chi connectivity index (χ3n) is 3.49. The lowest BCUT2D eigenvalue weighted by Crippen LogP contribution is -2.39. The number of likely N-dealkylation sites (N-methyl/N-ethyl adjacent to an activating group) is 1. The molecular weight excluding hydrogens is 360 g/mol. The second-order valence-electron chi connectivity index (χ2n) is 5.24. The van der Waals surface area contributed by atoms with Crippen molar-refractivity contribution in [2.75, 3.05) is 19.6 Å². The third kappa shape index (κ3) is 6.45. The number of nitrogens with two attached hydrogens (primary N) is 1. The number of thiazole rings is 1. The zero-order valence-electron chi connectivity index (χ0n) is 14.1. The van der Waals surface area contributed by atoms with E-state index < -0.39 is 0 Å². The smallest absolute Gasteiger partial charge is 0.271 e. The second kappa shape index (κ2) is 10.8. The minimum Gasteiger partial charge on any atom is -0.342 e. The number of amides is 2. The number of carbonyl (C=O) groups excluding carboxylic acids is 2. The van der Waals surface area contributed by atoms with Crippen LogP contribution in [0.25, 0.3) is 0 Å². The van der Waals surface area contributed by atoms with Gasteiger partial charge in [-0.25, -0.2) is 4.98 Å². The molecule has 0 radical (unpaired) electrons. The lowest BCUT2D eigenvalue weighted by atomic mass is 10.2. The number of carbonyl (C=O) groups is 2. The standard InChI is InChI=1S/C17H22N4O2S.ClH/c1-2-21(11-13-6-4-3-5-7-13)16(22)10-19-17(23)14-12-24-15(20-14)8-9-18;/h3-7,12H,2,8-11,18H2,1H3,(H,19,23);1H. The predicted octanol–water partition coefficient (Wildman–Crippen LogP) is 1.84. The van der Waals surface area contributed by atoms with Crippen LogP contribution in [0, 0.1) is 0 Å². The Kier molecular flexibility index (Phi) is 9.12. The van der Waals surface area contributed by atoms with Gasteiger partial charge in [-0.1, -0.05) is 30.3 Å². The molecule has 3 N–H and O–H groups in total. The average molecular weight is 383 g/mol. The molecule has 0 atom stereocenters. The van der Waals surface area contributed by atoms with Gasteiger partial charge in [0.15, 0.2) is 0 Å². The molecule has 25 heavy (non-hydrogen) atoms.